The van der Waals surface area contributed by atoms with Crippen molar-refractivity contribution in [1.29, 1.82) is 0 Å². The Labute approximate surface area is 121 Å². The van der Waals surface area contributed by atoms with Gasteiger partial charge >= 0.3 is 0 Å². The molecular weight excluding hydrogens is 260 g/mol. The normalized spacial score (nSPS) is 11.1. The molecule has 0 aromatic heterocycles. The van der Waals surface area contributed by atoms with E-state index < -0.39 is 0 Å². The van der Waals surface area contributed by atoms with Crippen molar-refractivity contribution in [3.8, 4) is 0 Å². The van der Waals surface area contributed by atoms with E-state index in [1.165, 1.54) is 0 Å². The van der Waals surface area contributed by atoms with Crippen LogP contribution in [0.3, 0.4) is 0 Å². The summed E-state index contributed by atoms with van der Waals surface area (Å²) in [7, 11) is 1.84. The highest BCUT2D eigenvalue weighted by Crippen LogP contribution is 2.17. The number of hydrogen-bond donors (Lipinski definition) is 0. The predicted molar refractivity (Wildman–Crippen MR) is 80.3 cm³/mol. The minimum atomic E-state index is 0.143. The van der Waals surface area contributed by atoms with E-state index in [-0.39, 0.29) is 11.9 Å². The van der Waals surface area contributed by atoms with E-state index in [9.17, 15) is 4.79 Å². The summed E-state index contributed by atoms with van der Waals surface area (Å²) in [6.45, 7) is 8.04. The molecule has 0 spiro atoms. The van der Waals surface area contributed by atoms with Crippen LogP contribution in [0.1, 0.15) is 26.3 Å². The van der Waals surface area contributed by atoms with Gasteiger partial charge in [0.2, 0.25) is 5.91 Å². The van der Waals surface area contributed by atoms with Crippen molar-refractivity contribution >= 4 is 17.5 Å². The number of rotatable bonds is 6. The van der Waals surface area contributed by atoms with Crippen LogP contribution in [-0.4, -0.2) is 41.9 Å². The Morgan fingerprint density at radius 3 is 2.47 bits per heavy atom. The standard InChI is InChI=1S/C15H23ClN2O/c1-5-18(11-15(19)17(4)12(2)3)10-13-8-6-7-9-14(13)16/h6-9,12H,5,10-11H2,1-4H3. The molecule has 1 aromatic rings. The molecule has 0 unspecified atom stereocenters. The SMILES string of the molecule is CCN(CC(=O)N(C)C(C)C)Cc1ccccc1Cl. The van der Waals surface area contributed by atoms with Gasteiger partial charge in [-0.05, 0) is 32.0 Å². The summed E-state index contributed by atoms with van der Waals surface area (Å²) in [5.41, 5.74) is 1.06. The largest absolute Gasteiger partial charge is 0.342 e. The Bertz CT molecular complexity index is 420. The lowest BCUT2D eigenvalue weighted by atomic mass is 10.2. The second-order valence-corrected chi connectivity index (χ2v) is 5.40. The minimum Gasteiger partial charge on any atom is -0.342 e. The molecule has 4 heteroatoms. The number of carbonyl (C=O) groups is 1. The first-order valence-corrected chi connectivity index (χ1v) is 7.05. The van der Waals surface area contributed by atoms with Gasteiger partial charge in [-0.15, -0.1) is 0 Å². The maximum Gasteiger partial charge on any atom is 0.236 e. The zero-order chi connectivity index (χ0) is 14.4. The zero-order valence-corrected chi connectivity index (χ0v) is 12.9. The van der Waals surface area contributed by atoms with E-state index >= 15 is 0 Å². The number of likely N-dealkylation sites (N-methyl/N-ethyl adjacent to an activating group) is 2. The van der Waals surface area contributed by atoms with Gasteiger partial charge in [-0.25, -0.2) is 0 Å². The molecule has 106 valence electrons. The van der Waals surface area contributed by atoms with Crippen molar-refractivity contribution in [3.63, 3.8) is 0 Å². The molecule has 0 fully saturated rings. The maximum atomic E-state index is 12.1. The van der Waals surface area contributed by atoms with Crippen LogP contribution >= 0.6 is 11.6 Å². The Morgan fingerprint density at radius 2 is 1.95 bits per heavy atom. The average molecular weight is 283 g/mol. The Morgan fingerprint density at radius 1 is 1.32 bits per heavy atom. The molecular formula is C15H23ClN2O. The molecule has 0 aliphatic carbocycles. The van der Waals surface area contributed by atoms with Crippen molar-refractivity contribution in [2.24, 2.45) is 0 Å². The van der Waals surface area contributed by atoms with E-state index in [0.29, 0.717) is 13.1 Å². The van der Waals surface area contributed by atoms with E-state index in [2.05, 4.69) is 11.8 Å². The molecule has 0 saturated heterocycles. The summed E-state index contributed by atoms with van der Waals surface area (Å²) in [4.78, 5) is 16.0. The van der Waals surface area contributed by atoms with Crippen molar-refractivity contribution in [3.05, 3.63) is 34.9 Å². The fraction of sp³-hybridized carbons (Fsp3) is 0.533. The van der Waals surface area contributed by atoms with Gasteiger partial charge in [-0.1, -0.05) is 36.7 Å². The van der Waals surface area contributed by atoms with Gasteiger partial charge in [-0.3, -0.25) is 9.69 Å². The molecule has 19 heavy (non-hydrogen) atoms. The quantitative estimate of drug-likeness (QED) is 0.801. The second kappa shape index (κ2) is 7.51. The number of hydrogen-bond acceptors (Lipinski definition) is 2. The third kappa shape index (κ3) is 4.84. The molecule has 1 aromatic carbocycles. The number of halogens is 1. The van der Waals surface area contributed by atoms with Crippen LogP contribution in [0, 0.1) is 0 Å². The fourth-order valence-corrected chi connectivity index (χ4v) is 1.93. The minimum absolute atomic E-state index is 0.143. The Hall–Kier alpha value is -1.06. The topological polar surface area (TPSA) is 23.6 Å². The fourth-order valence-electron chi connectivity index (χ4n) is 1.74. The van der Waals surface area contributed by atoms with Crippen LogP contribution in [0.15, 0.2) is 24.3 Å². The van der Waals surface area contributed by atoms with Gasteiger partial charge < -0.3 is 4.90 Å². The third-order valence-corrected chi connectivity index (χ3v) is 3.69. The highest BCUT2D eigenvalue weighted by Gasteiger charge is 2.16. The third-order valence-electron chi connectivity index (χ3n) is 3.33. The summed E-state index contributed by atoms with van der Waals surface area (Å²) in [5, 5.41) is 0.755. The molecule has 0 N–H and O–H groups in total. The number of carbonyl (C=O) groups excluding carboxylic acids is 1. The van der Waals surface area contributed by atoms with Gasteiger partial charge in [0.15, 0.2) is 0 Å². The van der Waals surface area contributed by atoms with Crippen LogP contribution in [-0.2, 0) is 11.3 Å². The first kappa shape index (κ1) is 16.0. The van der Waals surface area contributed by atoms with Crippen LogP contribution in [0.25, 0.3) is 0 Å². The first-order chi connectivity index (χ1) is 8.95. The molecule has 0 aliphatic heterocycles. The van der Waals surface area contributed by atoms with Gasteiger partial charge in [0.05, 0.1) is 6.54 Å². The first-order valence-electron chi connectivity index (χ1n) is 6.67. The summed E-state index contributed by atoms with van der Waals surface area (Å²) in [5.74, 6) is 0.143. The average Bonchev–Trinajstić information content (AvgIpc) is 2.39. The smallest absolute Gasteiger partial charge is 0.236 e. The molecule has 0 aliphatic rings. The van der Waals surface area contributed by atoms with E-state index in [1.807, 2.05) is 45.2 Å². The monoisotopic (exact) mass is 282 g/mol. The molecule has 0 bridgehead atoms. The van der Waals surface area contributed by atoms with Gasteiger partial charge in [0.1, 0.15) is 0 Å². The van der Waals surface area contributed by atoms with Crippen LogP contribution in [0.2, 0.25) is 5.02 Å². The van der Waals surface area contributed by atoms with Gasteiger partial charge in [0, 0.05) is 24.7 Å². The summed E-state index contributed by atoms with van der Waals surface area (Å²) < 4.78 is 0. The lowest BCUT2D eigenvalue weighted by molar-refractivity contribution is -0.132. The molecule has 0 saturated carbocycles. The molecule has 3 nitrogen and oxygen atoms in total. The summed E-state index contributed by atoms with van der Waals surface area (Å²) >= 11 is 6.15. The molecule has 0 atom stereocenters. The molecule has 0 heterocycles. The van der Waals surface area contributed by atoms with Crippen LogP contribution < -0.4 is 0 Å². The Balaban J connectivity index is 2.65. The number of nitrogens with zero attached hydrogens (tertiary/aromatic N) is 2. The van der Waals surface area contributed by atoms with Crippen LogP contribution in [0.5, 0.6) is 0 Å². The van der Waals surface area contributed by atoms with E-state index in [4.69, 9.17) is 11.6 Å². The number of amides is 1. The molecule has 1 rings (SSSR count). The zero-order valence-electron chi connectivity index (χ0n) is 12.2. The predicted octanol–water partition coefficient (Wildman–Crippen LogP) is 3.03. The highest BCUT2D eigenvalue weighted by molar-refractivity contribution is 6.31. The van der Waals surface area contributed by atoms with E-state index in [1.54, 1.807) is 4.90 Å². The Kier molecular flexibility index (Phi) is 6.32. The highest BCUT2D eigenvalue weighted by atomic mass is 35.5. The lowest BCUT2D eigenvalue weighted by Gasteiger charge is -2.26. The molecule has 1 amide bonds. The second-order valence-electron chi connectivity index (χ2n) is 4.99. The van der Waals surface area contributed by atoms with Gasteiger partial charge in [-0.2, -0.15) is 0 Å². The number of benzene rings is 1. The maximum absolute atomic E-state index is 12.1. The lowest BCUT2D eigenvalue weighted by Crippen LogP contribution is -2.41. The van der Waals surface area contributed by atoms with Crippen molar-refractivity contribution in [1.82, 2.24) is 9.80 Å². The van der Waals surface area contributed by atoms with Gasteiger partial charge in [0.25, 0.3) is 0 Å². The van der Waals surface area contributed by atoms with Crippen molar-refractivity contribution in [2.45, 2.75) is 33.4 Å². The molecule has 0 radical (unpaired) electrons. The van der Waals surface area contributed by atoms with Crippen LogP contribution in [0.4, 0.5) is 0 Å². The summed E-state index contributed by atoms with van der Waals surface area (Å²) in [6.07, 6.45) is 0. The summed E-state index contributed by atoms with van der Waals surface area (Å²) in [6, 6.07) is 8.00. The van der Waals surface area contributed by atoms with Crippen molar-refractivity contribution in [2.75, 3.05) is 20.1 Å². The van der Waals surface area contributed by atoms with Crippen molar-refractivity contribution < 1.29 is 4.79 Å². The van der Waals surface area contributed by atoms with E-state index in [0.717, 1.165) is 17.1 Å².